The number of nitriles is 1. The van der Waals surface area contributed by atoms with E-state index in [2.05, 4.69) is 17.9 Å². The molecule has 1 saturated heterocycles. The largest absolute Gasteiger partial charge is 0.396 e. The van der Waals surface area contributed by atoms with Crippen LogP contribution >= 0.6 is 11.6 Å². The van der Waals surface area contributed by atoms with Crippen LogP contribution in [0.1, 0.15) is 31.0 Å². The number of halogens is 1. The number of rotatable bonds is 3. The number of hydrogen-bond acceptors (Lipinski definition) is 3. The molecule has 0 saturated carbocycles. The van der Waals surface area contributed by atoms with Crippen molar-refractivity contribution in [2.45, 2.75) is 26.3 Å². The lowest BCUT2D eigenvalue weighted by Crippen LogP contribution is -2.35. The molecule has 2 N–H and O–H groups in total. The lowest BCUT2D eigenvalue weighted by atomic mass is 9.99. The van der Waals surface area contributed by atoms with Crippen LogP contribution in [-0.2, 0) is 6.54 Å². The van der Waals surface area contributed by atoms with E-state index in [0.717, 1.165) is 43.2 Å². The van der Waals surface area contributed by atoms with Gasteiger partial charge in [0.15, 0.2) is 0 Å². The summed E-state index contributed by atoms with van der Waals surface area (Å²) in [5.41, 5.74) is 8.47. The molecule has 2 aromatic rings. The summed E-state index contributed by atoms with van der Waals surface area (Å²) in [6.07, 6.45) is 2.30. The van der Waals surface area contributed by atoms with Gasteiger partial charge >= 0.3 is 0 Å². The molecule has 2 heterocycles. The zero-order chi connectivity index (χ0) is 16.4. The molecular formula is C18H21ClN4. The minimum Gasteiger partial charge on any atom is -0.396 e. The lowest BCUT2D eigenvalue weighted by molar-refractivity contribution is 0.434. The zero-order valence-corrected chi connectivity index (χ0v) is 14.1. The highest BCUT2D eigenvalue weighted by Crippen LogP contribution is 2.32. The Morgan fingerprint density at radius 1 is 1.30 bits per heavy atom. The molecular weight excluding hydrogens is 308 g/mol. The van der Waals surface area contributed by atoms with Crippen LogP contribution in [0.5, 0.6) is 0 Å². The molecule has 0 aliphatic carbocycles. The minimum atomic E-state index is 0.557. The third-order valence-electron chi connectivity index (χ3n) is 4.58. The Morgan fingerprint density at radius 2 is 2.00 bits per heavy atom. The van der Waals surface area contributed by atoms with Crippen LogP contribution in [0.2, 0.25) is 5.02 Å². The first-order chi connectivity index (χ1) is 11.1. The Balaban J connectivity index is 1.98. The molecule has 0 spiro atoms. The molecule has 1 aromatic carbocycles. The van der Waals surface area contributed by atoms with Crippen LogP contribution in [0.4, 0.5) is 11.5 Å². The molecule has 0 amide bonds. The van der Waals surface area contributed by atoms with E-state index in [0.29, 0.717) is 22.9 Å². The number of hydrogen-bond donors (Lipinski definition) is 1. The van der Waals surface area contributed by atoms with Gasteiger partial charge in [-0.1, -0.05) is 36.7 Å². The van der Waals surface area contributed by atoms with Crippen molar-refractivity contribution in [2.24, 2.45) is 5.92 Å². The van der Waals surface area contributed by atoms with Crippen molar-refractivity contribution in [1.29, 1.82) is 5.26 Å². The van der Waals surface area contributed by atoms with Gasteiger partial charge in [0.25, 0.3) is 0 Å². The van der Waals surface area contributed by atoms with E-state index >= 15 is 0 Å². The molecule has 0 atom stereocenters. The predicted molar refractivity (Wildman–Crippen MR) is 94.7 cm³/mol. The fraction of sp³-hybridized carbons (Fsp3) is 0.389. The van der Waals surface area contributed by atoms with E-state index in [1.54, 1.807) is 6.07 Å². The number of nitrogens with zero attached hydrogens (tertiary/aromatic N) is 3. The van der Waals surface area contributed by atoms with Crippen molar-refractivity contribution in [3.05, 3.63) is 46.6 Å². The van der Waals surface area contributed by atoms with Gasteiger partial charge in [-0.15, -0.1) is 0 Å². The summed E-state index contributed by atoms with van der Waals surface area (Å²) in [7, 11) is 0. The van der Waals surface area contributed by atoms with Crippen LogP contribution in [-0.4, -0.2) is 17.7 Å². The summed E-state index contributed by atoms with van der Waals surface area (Å²) >= 11 is 6.29. The first-order valence-electron chi connectivity index (χ1n) is 7.97. The van der Waals surface area contributed by atoms with Crippen molar-refractivity contribution in [2.75, 3.05) is 23.7 Å². The molecule has 4 nitrogen and oxygen atoms in total. The molecule has 0 radical (unpaired) electrons. The first-order valence-corrected chi connectivity index (χ1v) is 8.35. The molecule has 23 heavy (non-hydrogen) atoms. The lowest BCUT2D eigenvalue weighted by Gasteiger charge is -2.33. The second kappa shape index (κ2) is 6.55. The number of aromatic nitrogens is 1. The number of piperidine rings is 1. The smallest absolute Gasteiger partial charge is 0.133 e. The van der Waals surface area contributed by atoms with E-state index in [-0.39, 0.29) is 0 Å². The van der Waals surface area contributed by atoms with E-state index in [9.17, 15) is 5.26 Å². The van der Waals surface area contributed by atoms with E-state index in [1.807, 2.05) is 28.8 Å². The topological polar surface area (TPSA) is 58.0 Å². The summed E-state index contributed by atoms with van der Waals surface area (Å²) in [5, 5.41) is 10.2. The maximum Gasteiger partial charge on any atom is 0.133 e. The SMILES string of the molecule is CC1CCN(c2c(N)cc(C#N)n2Cc2ccccc2Cl)CC1. The van der Waals surface area contributed by atoms with Crippen molar-refractivity contribution in [1.82, 2.24) is 4.57 Å². The molecule has 120 valence electrons. The average molecular weight is 329 g/mol. The summed E-state index contributed by atoms with van der Waals surface area (Å²) in [4.78, 5) is 2.30. The van der Waals surface area contributed by atoms with Crippen molar-refractivity contribution in [3.8, 4) is 6.07 Å². The summed E-state index contributed by atoms with van der Waals surface area (Å²) in [6.45, 7) is 4.79. The fourth-order valence-corrected chi connectivity index (χ4v) is 3.38. The van der Waals surface area contributed by atoms with E-state index in [4.69, 9.17) is 17.3 Å². The minimum absolute atomic E-state index is 0.557. The number of nitrogens with two attached hydrogens (primary N) is 1. The van der Waals surface area contributed by atoms with Crippen molar-refractivity contribution >= 4 is 23.1 Å². The maximum atomic E-state index is 9.47. The summed E-state index contributed by atoms with van der Waals surface area (Å²) < 4.78 is 1.99. The van der Waals surface area contributed by atoms with E-state index in [1.165, 1.54) is 0 Å². The Hall–Kier alpha value is -2.12. The van der Waals surface area contributed by atoms with Gasteiger partial charge in [0.05, 0.1) is 12.2 Å². The second-order valence-corrected chi connectivity index (χ2v) is 6.67. The van der Waals surface area contributed by atoms with E-state index < -0.39 is 0 Å². The quantitative estimate of drug-likeness (QED) is 0.930. The molecule has 1 fully saturated rings. The van der Waals surface area contributed by atoms with Crippen LogP contribution in [0, 0.1) is 17.2 Å². The van der Waals surface area contributed by atoms with Crippen LogP contribution in [0.3, 0.4) is 0 Å². The van der Waals surface area contributed by atoms with Gasteiger partial charge in [-0.25, -0.2) is 0 Å². The molecule has 1 aromatic heterocycles. The number of nitrogen functional groups attached to an aromatic ring is 1. The van der Waals surface area contributed by atoms with Gasteiger partial charge in [-0.05, 0) is 36.5 Å². The highest BCUT2D eigenvalue weighted by atomic mass is 35.5. The van der Waals surface area contributed by atoms with Gasteiger partial charge in [0, 0.05) is 18.1 Å². The van der Waals surface area contributed by atoms with Gasteiger partial charge in [-0.3, -0.25) is 0 Å². The summed E-state index contributed by atoms with van der Waals surface area (Å²) in [6, 6.07) is 11.8. The normalized spacial score (nSPS) is 15.6. The van der Waals surface area contributed by atoms with Gasteiger partial charge < -0.3 is 15.2 Å². The number of benzene rings is 1. The third kappa shape index (κ3) is 3.16. The van der Waals surface area contributed by atoms with Gasteiger partial charge in [-0.2, -0.15) is 5.26 Å². The molecule has 0 bridgehead atoms. The Labute approximate surface area is 142 Å². The molecule has 0 unspecified atom stereocenters. The van der Waals surface area contributed by atoms with Crippen molar-refractivity contribution in [3.63, 3.8) is 0 Å². The maximum absolute atomic E-state index is 9.47. The van der Waals surface area contributed by atoms with Gasteiger partial charge in [0.2, 0.25) is 0 Å². The average Bonchev–Trinajstić information content (AvgIpc) is 2.86. The molecule has 1 aliphatic heterocycles. The van der Waals surface area contributed by atoms with Crippen LogP contribution in [0.15, 0.2) is 30.3 Å². The third-order valence-corrected chi connectivity index (χ3v) is 4.95. The van der Waals surface area contributed by atoms with Crippen LogP contribution in [0.25, 0.3) is 0 Å². The molecule has 5 heteroatoms. The van der Waals surface area contributed by atoms with Crippen LogP contribution < -0.4 is 10.6 Å². The Morgan fingerprint density at radius 3 is 2.65 bits per heavy atom. The summed E-state index contributed by atoms with van der Waals surface area (Å²) in [5.74, 6) is 1.70. The standard InChI is InChI=1S/C18H21ClN4/c1-13-6-8-22(9-7-13)18-17(21)10-15(11-20)23(18)12-14-4-2-3-5-16(14)19/h2-5,10,13H,6-9,12,21H2,1H3. The molecule has 3 rings (SSSR count). The zero-order valence-electron chi connectivity index (χ0n) is 13.3. The van der Waals surface area contributed by atoms with Gasteiger partial charge in [0.1, 0.15) is 17.6 Å². The highest BCUT2D eigenvalue weighted by Gasteiger charge is 2.23. The Kier molecular flexibility index (Phi) is 4.49. The first kappa shape index (κ1) is 15.8. The predicted octanol–water partition coefficient (Wildman–Crippen LogP) is 3.88. The monoisotopic (exact) mass is 328 g/mol. The number of anilines is 2. The molecule has 1 aliphatic rings. The highest BCUT2D eigenvalue weighted by molar-refractivity contribution is 6.31. The van der Waals surface area contributed by atoms with Crippen molar-refractivity contribution < 1.29 is 0 Å². The second-order valence-electron chi connectivity index (χ2n) is 6.27. The fourth-order valence-electron chi connectivity index (χ4n) is 3.18. The Bertz CT molecular complexity index is 736.